The quantitative estimate of drug-likeness (QED) is 0.831. The van der Waals surface area contributed by atoms with Crippen molar-refractivity contribution in [3.63, 3.8) is 0 Å². The van der Waals surface area contributed by atoms with Crippen LogP contribution in [0.5, 0.6) is 0 Å². The van der Waals surface area contributed by atoms with Crippen molar-refractivity contribution >= 4 is 11.3 Å². The summed E-state index contributed by atoms with van der Waals surface area (Å²) in [5.74, 6) is 0. The average Bonchev–Trinajstić information content (AvgIpc) is 2.96. The molecule has 0 saturated carbocycles. The molecule has 0 spiro atoms. The van der Waals surface area contributed by atoms with Crippen LogP contribution in [0.15, 0.2) is 16.8 Å². The maximum absolute atomic E-state index is 6.02. The zero-order valence-electron chi connectivity index (χ0n) is 12.1. The van der Waals surface area contributed by atoms with E-state index in [0.29, 0.717) is 12.1 Å². The molecule has 3 nitrogen and oxygen atoms in total. The van der Waals surface area contributed by atoms with Gasteiger partial charge in [0.05, 0.1) is 12.7 Å². The van der Waals surface area contributed by atoms with Crippen molar-refractivity contribution in [2.45, 2.75) is 38.8 Å². The molecular formula is C15H26N2OS. The lowest BCUT2D eigenvalue weighted by Gasteiger charge is -2.37. The summed E-state index contributed by atoms with van der Waals surface area (Å²) in [7, 11) is 0. The van der Waals surface area contributed by atoms with Crippen LogP contribution in [-0.4, -0.2) is 49.8 Å². The Morgan fingerprint density at radius 1 is 1.53 bits per heavy atom. The zero-order chi connectivity index (χ0) is 13.5. The molecular weight excluding hydrogens is 256 g/mol. The summed E-state index contributed by atoms with van der Waals surface area (Å²) >= 11 is 1.78. The van der Waals surface area contributed by atoms with Crippen LogP contribution < -0.4 is 5.32 Å². The molecule has 0 bridgehead atoms. The minimum Gasteiger partial charge on any atom is -0.374 e. The lowest BCUT2D eigenvalue weighted by Crippen LogP contribution is -2.53. The van der Waals surface area contributed by atoms with Crippen molar-refractivity contribution in [3.8, 4) is 0 Å². The molecule has 0 aromatic carbocycles. The molecule has 1 aliphatic rings. The number of nitrogens with one attached hydrogen (secondary N) is 1. The van der Waals surface area contributed by atoms with Gasteiger partial charge in [0.1, 0.15) is 0 Å². The number of rotatable bonds is 7. The molecule has 0 aliphatic carbocycles. The van der Waals surface area contributed by atoms with Gasteiger partial charge in [-0.1, -0.05) is 13.8 Å². The van der Waals surface area contributed by atoms with Crippen molar-refractivity contribution in [3.05, 3.63) is 22.4 Å². The number of ether oxygens (including phenoxy) is 1. The summed E-state index contributed by atoms with van der Waals surface area (Å²) in [6, 6.07) is 2.66. The second-order valence-electron chi connectivity index (χ2n) is 5.20. The van der Waals surface area contributed by atoms with Crippen molar-refractivity contribution < 1.29 is 4.74 Å². The summed E-state index contributed by atoms with van der Waals surface area (Å²) in [5.41, 5.74) is 1.43. The highest BCUT2D eigenvalue weighted by atomic mass is 32.1. The third kappa shape index (κ3) is 4.56. The molecule has 2 atom stereocenters. The highest BCUT2D eigenvalue weighted by molar-refractivity contribution is 7.07. The lowest BCUT2D eigenvalue weighted by atomic mass is 10.0. The second-order valence-corrected chi connectivity index (χ2v) is 5.98. The molecule has 0 radical (unpaired) electrons. The molecule has 2 heterocycles. The Bertz CT molecular complexity index is 342. The van der Waals surface area contributed by atoms with Crippen LogP contribution in [0.3, 0.4) is 0 Å². The van der Waals surface area contributed by atoms with Gasteiger partial charge in [0, 0.05) is 19.1 Å². The number of morpholine rings is 1. The predicted octanol–water partition coefficient (Wildman–Crippen LogP) is 2.38. The fourth-order valence-electron chi connectivity index (χ4n) is 2.59. The molecule has 108 valence electrons. The first-order valence-corrected chi connectivity index (χ1v) is 8.36. The zero-order valence-corrected chi connectivity index (χ0v) is 12.9. The minimum atomic E-state index is 0.320. The topological polar surface area (TPSA) is 24.5 Å². The predicted molar refractivity (Wildman–Crippen MR) is 82.0 cm³/mol. The summed E-state index contributed by atoms with van der Waals surface area (Å²) in [6.45, 7) is 9.64. The Labute approximate surface area is 121 Å². The molecule has 1 aliphatic heterocycles. The standard InChI is InChI=1S/C15H26N2OS/c1-3-6-16-14(10-13-5-9-19-12-13)15-11-17(4-2)7-8-18-15/h5,9,12,14-16H,3-4,6-8,10-11H2,1-2H3. The van der Waals surface area contributed by atoms with E-state index in [2.05, 4.69) is 40.9 Å². The summed E-state index contributed by atoms with van der Waals surface area (Å²) in [5, 5.41) is 8.09. The Hall–Kier alpha value is -0.420. The normalized spacial score (nSPS) is 22.5. The third-order valence-corrected chi connectivity index (χ3v) is 4.50. The van der Waals surface area contributed by atoms with Crippen LogP contribution >= 0.6 is 11.3 Å². The first-order chi connectivity index (χ1) is 9.33. The molecule has 1 fully saturated rings. The van der Waals surface area contributed by atoms with E-state index in [0.717, 1.165) is 39.2 Å². The van der Waals surface area contributed by atoms with E-state index in [9.17, 15) is 0 Å². The van der Waals surface area contributed by atoms with Gasteiger partial charge >= 0.3 is 0 Å². The van der Waals surface area contributed by atoms with Gasteiger partial charge in [-0.15, -0.1) is 0 Å². The van der Waals surface area contributed by atoms with Gasteiger partial charge in [-0.05, 0) is 48.3 Å². The van der Waals surface area contributed by atoms with Crippen molar-refractivity contribution in [1.29, 1.82) is 0 Å². The van der Waals surface area contributed by atoms with Gasteiger partial charge < -0.3 is 10.1 Å². The van der Waals surface area contributed by atoms with E-state index in [4.69, 9.17) is 4.74 Å². The molecule has 1 N–H and O–H groups in total. The maximum Gasteiger partial charge on any atom is 0.0858 e. The van der Waals surface area contributed by atoms with Crippen LogP contribution in [0.4, 0.5) is 0 Å². The van der Waals surface area contributed by atoms with Crippen molar-refractivity contribution in [2.24, 2.45) is 0 Å². The second kappa shape index (κ2) is 8.00. The SMILES string of the molecule is CCCNC(Cc1ccsc1)C1CN(CC)CCO1. The van der Waals surface area contributed by atoms with E-state index < -0.39 is 0 Å². The van der Waals surface area contributed by atoms with Crippen molar-refractivity contribution in [2.75, 3.05) is 32.8 Å². The van der Waals surface area contributed by atoms with Crippen LogP contribution in [-0.2, 0) is 11.2 Å². The Morgan fingerprint density at radius 3 is 3.11 bits per heavy atom. The number of nitrogens with zero attached hydrogens (tertiary/aromatic N) is 1. The van der Waals surface area contributed by atoms with E-state index in [1.165, 1.54) is 12.0 Å². The van der Waals surface area contributed by atoms with E-state index in [1.807, 2.05) is 0 Å². The molecule has 1 saturated heterocycles. The first kappa shape index (κ1) is 15.0. The number of hydrogen-bond acceptors (Lipinski definition) is 4. The highest BCUT2D eigenvalue weighted by Gasteiger charge is 2.27. The molecule has 19 heavy (non-hydrogen) atoms. The van der Waals surface area contributed by atoms with E-state index >= 15 is 0 Å². The molecule has 4 heteroatoms. The van der Waals surface area contributed by atoms with Gasteiger partial charge in [-0.25, -0.2) is 0 Å². The highest BCUT2D eigenvalue weighted by Crippen LogP contribution is 2.15. The van der Waals surface area contributed by atoms with E-state index in [-0.39, 0.29) is 0 Å². The van der Waals surface area contributed by atoms with Gasteiger partial charge in [0.2, 0.25) is 0 Å². The number of likely N-dealkylation sites (N-methyl/N-ethyl adjacent to an activating group) is 1. The van der Waals surface area contributed by atoms with E-state index in [1.54, 1.807) is 11.3 Å². The lowest BCUT2D eigenvalue weighted by molar-refractivity contribution is -0.0447. The Balaban J connectivity index is 1.95. The number of thiophene rings is 1. The number of hydrogen-bond donors (Lipinski definition) is 1. The van der Waals surface area contributed by atoms with Gasteiger partial charge in [0.15, 0.2) is 0 Å². The van der Waals surface area contributed by atoms with Crippen LogP contribution in [0.1, 0.15) is 25.8 Å². The molecule has 0 amide bonds. The van der Waals surface area contributed by atoms with Gasteiger partial charge in [0.25, 0.3) is 0 Å². The molecule has 2 unspecified atom stereocenters. The van der Waals surface area contributed by atoms with Crippen LogP contribution in [0, 0.1) is 0 Å². The minimum absolute atomic E-state index is 0.320. The molecule has 2 rings (SSSR count). The first-order valence-electron chi connectivity index (χ1n) is 7.41. The van der Waals surface area contributed by atoms with Crippen LogP contribution in [0.25, 0.3) is 0 Å². The van der Waals surface area contributed by atoms with Gasteiger partial charge in [-0.2, -0.15) is 11.3 Å². The summed E-state index contributed by atoms with van der Waals surface area (Å²) < 4.78 is 6.02. The van der Waals surface area contributed by atoms with Gasteiger partial charge in [-0.3, -0.25) is 4.90 Å². The largest absolute Gasteiger partial charge is 0.374 e. The fourth-order valence-corrected chi connectivity index (χ4v) is 3.27. The van der Waals surface area contributed by atoms with Crippen molar-refractivity contribution in [1.82, 2.24) is 10.2 Å². The summed E-state index contributed by atoms with van der Waals surface area (Å²) in [4.78, 5) is 2.49. The monoisotopic (exact) mass is 282 g/mol. The smallest absolute Gasteiger partial charge is 0.0858 e. The van der Waals surface area contributed by atoms with Crippen LogP contribution in [0.2, 0.25) is 0 Å². The fraction of sp³-hybridized carbons (Fsp3) is 0.733. The molecule has 1 aromatic heterocycles. The summed E-state index contributed by atoms with van der Waals surface area (Å²) in [6.07, 6.45) is 2.57. The molecule has 1 aromatic rings. The average molecular weight is 282 g/mol. The maximum atomic E-state index is 6.02. The Kier molecular flexibility index (Phi) is 6.31. The third-order valence-electron chi connectivity index (χ3n) is 3.77. The Morgan fingerprint density at radius 2 is 2.42 bits per heavy atom.